The van der Waals surface area contributed by atoms with Crippen LogP contribution in [0.5, 0.6) is 0 Å². The number of hydrogen-bond donors (Lipinski definition) is 0. The number of hydrogen-bond acceptors (Lipinski definition) is 2. The SMILES string of the molecule is CC(C#N)(Cc1ccc(C(F)(F)F)cc1)N1CCCCC1. The number of benzene rings is 1. The lowest BCUT2D eigenvalue weighted by Gasteiger charge is -2.38. The molecule has 0 radical (unpaired) electrons. The van der Waals surface area contributed by atoms with Crippen molar-refractivity contribution in [3.8, 4) is 6.07 Å². The van der Waals surface area contributed by atoms with Crippen LogP contribution in [0.1, 0.15) is 37.3 Å². The smallest absolute Gasteiger partial charge is 0.285 e. The fourth-order valence-electron chi connectivity index (χ4n) is 2.82. The molecule has 114 valence electrons. The summed E-state index contributed by atoms with van der Waals surface area (Å²) in [4.78, 5) is 2.15. The second-order valence-corrected chi connectivity index (χ2v) is 5.80. The van der Waals surface area contributed by atoms with E-state index >= 15 is 0 Å². The fourth-order valence-corrected chi connectivity index (χ4v) is 2.82. The molecule has 2 nitrogen and oxygen atoms in total. The Kier molecular flexibility index (Phi) is 4.58. The molecule has 1 aromatic rings. The Bertz CT molecular complexity index is 510. The maximum absolute atomic E-state index is 12.6. The van der Waals surface area contributed by atoms with E-state index in [4.69, 9.17) is 0 Å². The van der Waals surface area contributed by atoms with Crippen LogP contribution in [0.25, 0.3) is 0 Å². The summed E-state index contributed by atoms with van der Waals surface area (Å²) in [6.07, 6.45) is -0.543. The third kappa shape index (κ3) is 3.76. The highest BCUT2D eigenvalue weighted by Crippen LogP contribution is 2.30. The van der Waals surface area contributed by atoms with Gasteiger partial charge in [-0.1, -0.05) is 18.6 Å². The molecule has 0 saturated carbocycles. The van der Waals surface area contributed by atoms with E-state index in [2.05, 4.69) is 11.0 Å². The first-order chi connectivity index (χ1) is 9.85. The van der Waals surface area contributed by atoms with Crippen molar-refractivity contribution in [2.24, 2.45) is 0 Å². The summed E-state index contributed by atoms with van der Waals surface area (Å²) in [5, 5.41) is 9.51. The molecule has 1 saturated heterocycles. The number of piperidine rings is 1. The minimum absolute atomic E-state index is 0.446. The lowest BCUT2D eigenvalue weighted by molar-refractivity contribution is -0.137. The van der Waals surface area contributed by atoms with Crippen LogP contribution in [0, 0.1) is 11.3 Å². The predicted octanol–water partition coefficient (Wildman–Crippen LogP) is 4.02. The van der Waals surface area contributed by atoms with Gasteiger partial charge in [0.1, 0.15) is 5.54 Å². The number of rotatable bonds is 3. The van der Waals surface area contributed by atoms with Gasteiger partial charge in [0.2, 0.25) is 0 Å². The molecule has 21 heavy (non-hydrogen) atoms. The summed E-state index contributed by atoms with van der Waals surface area (Å²) in [6, 6.07) is 7.47. The first-order valence-corrected chi connectivity index (χ1v) is 7.18. The number of alkyl halides is 3. The van der Waals surface area contributed by atoms with Gasteiger partial charge < -0.3 is 0 Å². The molecule has 1 aliphatic heterocycles. The monoisotopic (exact) mass is 296 g/mol. The number of nitrogens with zero attached hydrogens (tertiary/aromatic N) is 2. The van der Waals surface area contributed by atoms with Gasteiger partial charge in [-0.3, -0.25) is 4.90 Å². The van der Waals surface area contributed by atoms with Crippen LogP contribution < -0.4 is 0 Å². The Morgan fingerprint density at radius 2 is 1.67 bits per heavy atom. The Balaban J connectivity index is 2.13. The Morgan fingerprint density at radius 3 is 2.14 bits per heavy atom. The van der Waals surface area contributed by atoms with Crippen LogP contribution in [0.4, 0.5) is 13.2 Å². The van der Waals surface area contributed by atoms with Gasteiger partial charge in [0.15, 0.2) is 0 Å². The topological polar surface area (TPSA) is 27.0 Å². The van der Waals surface area contributed by atoms with Crippen molar-refractivity contribution < 1.29 is 13.2 Å². The average Bonchev–Trinajstić information content (AvgIpc) is 2.47. The molecule has 2 rings (SSSR count). The van der Waals surface area contributed by atoms with Crippen molar-refractivity contribution in [3.63, 3.8) is 0 Å². The summed E-state index contributed by atoms with van der Waals surface area (Å²) in [5.41, 5.74) is -0.541. The van der Waals surface area contributed by atoms with E-state index in [1.807, 2.05) is 6.92 Å². The standard InChI is InChI=1S/C16H19F3N2/c1-15(12-20,21-9-3-2-4-10-21)11-13-5-7-14(8-6-13)16(17,18)19/h5-8H,2-4,9-11H2,1H3. The second-order valence-electron chi connectivity index (χ2n) is 5.80. The highest BCUT2D eigenvalue weighted by atomic mass is 19.4. The van der Waals surface area contributed by atoms with Crippen LogP contribution in [-0.2, 0) is 12.6 Å². The molecule has 1 atom stereocenters. The first kappa shape index (κ1) is 15.8. The third-order valence-electron chi connectivity index (χ3n) is 4.12. The van der Waals surface area contributed by atoms with E-state index in [0.29, 0.717) is 6.42 Å². The summed E-state index contributed by atoms with van der Waals surface area (Å²) in [7, 11) is 0. The van der Waals surface area contributed by atoms with Crippen LogP contribution in [0.2, 0.25) is 0 Å². The van der Waals surface area contributed by atoms with Crippen LogP contribution in [0.15, 0.2) is 24.3 Å². The summed E-state index contributed by atoms with van der Waals surface area (Å²) in [5.74, 6) is 0. The van der Waals surface area contributed by atoms with E-state index < -0.39 is 17.3 Å². The van der Waals surface area contributed by atoms with Crippen molar-refractivity contribution in [2.45, 2.75) is 44.3 Å². The molecule has 0 bridgehead atoms. The first-order valence-electron chi connectivity index (χ1n) is 7.18. The minimum atomic E-state index is -4.32. The second kappa shape index (κ2) is 6.07. The van der Waals surface area contributed by atoms with Gasteiger partial charge in [-0.25, -0.2) is 0 Å². The molecular weight excluding hydrogens is 277 g/mol. The van der Waals surface area contributed by atoms with Crippen molar-refractivity contribution in [1.82, 2.24) is 4.90 Å². The lowest BCUT2D eigenvalue weighted by Crippen LogP contribution is -2.49. The van der Waals surface area contributed by atoms with Gasteiger partial charge in [-0.15, -0.1) is 0 Å². The Hall–Kier alpha value is -1.54. The molecule has 0 amide bonds. The summed E-state index contributed by atoms with van der Waals surface area (Å²) in [6.45, 7) is 3.63. The molecule has 1 heterocycles. The van der Waals surface area contributed by atoms with Crippen molar-refractivity contribution in [2.75, 3.05) is 13.1 Å². The van der Waals surface area contributed by atoms with Gasteiger partial charge in [-0.2, -0.15) is 18.4 Å². The number of halogens is 3. The number of nitriles is 1. The van der Waals surface area contributed by atoms with Crippen molar-refractivity contribution in [1.29, 1.82) is 5.26 Å². The maximum atomic E-state index is 12.6. The average molecular weight is 296 g/mol. The van der Waals surface area contributed by atoms with Crippen molar-refractivity contribution >= 4 is 0 Å². The van der Waals surface area contributed by atoms with Crippen molar-refractivity contribution in [3.05, 3.63) is 35.4 Å². The van der Waals surface area contributed by atoms with Gasteiger partial charge >= 0.3 is 6.18 Å². The zero-order valence-corrected chi connectivity index (χ0v) is 12.1. The maximum Gasteiger partial charge on any atom is 0.416 e. The van der Waals surface area contributed by atoms with Gasteiger partial charge in [-0.05, 0) is 50.6 Å². The van der Waals surface area contributed by atoms with Crippen LogP contribution >= 0.6 is 0 Å². The highest BCUT2D eigenvalue weighted by Gasteiger charge is 2.34. The van der Waals surface area contributed by atoms with Crippen LogP contribution in [-0.4, -0.2) is 23.5 Å². The molecule has 0 N–H and O–H groups in total. The Labute approximate surface area is 123 Å². The molecule has 1 aromatic carbocycles. The Morgan fingerprint density at radius 1 is 1.10 bits per heavy atom. The normalized spacial score (nSPS) is 19.8. The number of likely N-dealkylation sites (tertiary alicyclic amines) is 1. The van der Waals surface area contributed by atoms with Gasteiger partial charge in [0.25, 0.3) is 0 Å². The quantitative estimate of drug-likeness (QED) is 0.842. The molecule has 1 unspecified atom stereocenters. The van der Waals surface area contributed by atoms with Gasteiger partial charge in [0, 0.05) is 6.42 Å². The third-order valence-corrected chi connectivity index (χ3v) is 4.12. The molecule has 1 fully saturated rings. The fraction of sp³-hybridized carbons (Fsp3) is 0.562. The molecule has 0 aliphatic carbocycles. The minimum Gasteiger partial charge on any atom is -0.285 e. The van der Waals surface area contributed by atoms with E-state index in [-0.39, 0.29) is 0 Å². The highest BCUT2D eigenvalue weighted by molar-refractivity contribution is 5.27. The zero-order valence-electron chi connectivity index (χ0n) is 12.1. The molecule has 1 aliphatic rings. The van der Waals surface area contributed by atoms with E-state index in [0.717, 1.165) is 43.6 Å². The molecule has 5 heteroatoms. The van der Waals surface area contributed by atoms with Gasteiger partial charge in [0.05, 0.1) is 11.6 Å². The van der Waals surface area contributed by atoms with E-state index in [1.165, 1.54) is 18.6 Å². The molecule has 0 spiro atoms. The summed E-state index contributed by atoms with van der Waals surface area (Å²) >= 11 is 0. The zero-order chi connectivity index (χ0) is 15.5. The van der Waals surface area contributed by atoms with E-state index in [1.54, 1.807) is 0 Å². The van der Waals surface area contributed by atoms with Crippen LogP contribution in [0.3, 0.4) is 0 Å². The largest absolute Gasteiger partial charge is 0.416 e. The lowest BCUT2D eigenvalue weighted by atomic mass is 9.90. The predicted molar refractivity (Wildman–Crippen MR) is 74.6 cm³/mol. The summed E-state index contributed by atoms with van der Waals surface area (Å²) < 4.78 is 37.7. The molecule has 0 aromatic heterocycles. The van der Waals surface area contributed by atoms with E-state index in [9.17, 15) is 18.4 Å². The molecular formula is C16H19F3N2.